The number of ether oxygens (including phenoxy) is 2. The van der Waals surface area contributed by atoms with Crippen LogP contribution in [0.15, 0.2) is 21.7 Å². The quantitative estimate of drug-likeness (QED) is 0.377. The van der Waals surface area contributed by atoms with Crippen LogP contribution < -0.4 is 20.6 Å². The van der Waals surface area contributed by atoms with E-state index in [1.54, 1.807) is 12.1 Å². The molecular weight excluding hydrogens is 318 g/mol. The summed E-state index contributed by atoms with van der Waals surface area (Å²) < 4.78 is 10.7. The molecule has 2 amide bonds. The van der Waals surface area contributed by atoms with Gasteiger partial charge in [0, 0.05) is 6.92 Å². The van der Waals surface area contributed by atoms with Crippen molar-refractivity contribution in [3.05, 3.63) is 22.2 Å². The first-order valence-corrected chi connectivity index (χ1v) is 5.87. The zero-order valence-electron chi connectivity index (χ0n) is 10.3. The lowest BCUT2D eigenvalue weighted by atomic mass is 10.2. The number of hydrazone groups is 1. The van der Waals surface area contributed by atoms with Crippen LogP contribution in [0.1, 0.15) is 12.5 Å². The van der Waals surface area contributed by atoms with E-state index in [1.165, 1.54) is 20.2 Å². The summed E-state index contributed by atoms with van der Waals surface area (Å²) in [6, 6.07) is 2.47. The number of nitrogens with zero attached hydrogens (tertiary/aromatic N) is 1. The molecule has 102 valence electrons. The van der Waals surface area contributed by atoms with E-state index < -0.39 is 12.0 Å². The van der Waals surface area contributed by atoms with E-state index >= 15 is 0 Å². The Morgan fingerprint density at radius 1 is 1.47 bits per heavy atom. The summed E-state index contributed by atoms with van der Waals surface area (Å²) in [5, 5.41) is 3.61. The van der Waals surface area contributed by atoms with Crippen molar-refractivity contribution in [2.75, 3.05) is 7.11 Å². The lowest BCUT2D eigenvalue weighted by molar-refractivity contribution is -0.132. The van der Waals surface area contributed by atoms with Crippen molar-refractivity contribution >= 4 is 34.1 Å². The van der Waals surface area contributed by atoms with Crippen molar-refractivity contribution in [2.45, 2.75) is 6.92 Å². The largest absolute Gasteiger partial charge is 0.493 e. The molecule has 0 radical (unpaired) electrons. The number of esters is 1. The molecule has 0 unspecified atom stereocenters. The molecule has 0 aromatic heterocycles. The molecule has 0 saturated carbocycles. The fourth-order valence-electron chi connectivity index (χ4n) is 1.23. The van der Waals surface area contributed by atoms with Gasteiger partial charge in [0.15, 0.2) is 11.5 Å². The Balaban J connectivity index is 3.05. The van der Waals surface area contributed by atoms with Gasteiger partial charge in [-0.1, -0.05) is 0 Å². The first kappa shape index (κ1) is 15.0. The second-order valence-corrected chi connectivity index (χ2v) is 4.22. The van der Waals surface area contributed by atoms with Crippen molar-refractivity contribution < 1.29 is 19.1 Å². The monoisotopic (exact) mass is 329 g/mol. The number of hydrogen-bond acceptors (Lipinski definition) is 5. The van der Waals surface area contributed by atoms with Crippen molar-refractivity contribution in [2.24, 2.45) is 10.8 Å². The zero-order valence-corrected chi connectivity index (χ0v) is 11.9. The number of nitrogens with two attached hydrogens (primary N) is 1. The topological polar surface area (TPSA) is 103 Å². The van der Waals surface area contributed by atoms with Crippen LogP contribution in [0.4, 0.5) is 4.79 Å². The van der Waals surface area contributed by atoms with Crippen LogP contribution in [-0.4, -0.2) is 25.3 Å². The van der Waals surface area contributed by atoms with Gasteiger partial charge in [-0.15, -0.1) is 0 Å². The van der Waals surface area contributed by atoms with Crippen molar-refractivity contribution in [3.63, 3.8) is 0 Å². The van der Waals surface area contributed by atoms with Crippen molar-refractivity contribution in [1.29, 1.82) is 0 Å². The molecule has 1 rings (SSSR count). The molecule has 0 saturated heterocycles. The van der Waals surface area contributed by atoms with E-state index in [0.29, 0.717) is 15.8 Å². The third-order valence-corrected chi connectivity index (χ3v) is 2.47. The molecular formula is C11H12BrN3O4. The standard InChI is InChI=1S/C11H12BrN3O4/c1-6(16)19-10-8(12)3-7(4-9(10)18-2)5-14-15-11(13)17/h3-5H,1-2H3,(H3,13,15,17)/b14-5+. The number of hydrogen-bond donors (Lipinski definition) is 2. The zero-order chi connectivity index (χ0) is 14.4. The Morgan fingerprint density at radius 2 is 2.16 bits per heavy atom. The molecule has 3 N–H and O–H groups in total. The number of halogens is 1. The number of methoxy groups -OCH3 is 1. The number of benzene rings is 1. The molecule has 0 fully saturated rings. The Labute approximate surface area is 117 Å². The Hall–Kier alpha value is -2.09. The van der Waals surface area contributed by atoms with Gasteiger partial charge in [0.2, 0.25) is 0 Å². The van der Waals surface area contributed by atoms with Crippen LogP contribution in [0.25, 0.3) is 0 Å². The molecule has 0 heterocycles. The summed E-state index contributed by atoms with van der Waals surface area (Å²) in [7, 11) is 1.44. The third-order valence-electron chi connectivity index (χ3n) is 1.89. The lowest BCUT2D eigenvalue weighted by Gasteiger charge is -2.10. The number of amides is 2. The first-order valence-electron chi connectivity index (χ1n) is 5.08. The first-order chi connectivity index (χ1) is 8.93. The van der Waals surface area contributed by atoms with E-state index in [-0.39, 0.29) is 5.75 Å². The number of nitrogens with one attached hydrogen (secondary N) is 1. The van der Waals surface area contributed by atoms with E-state index in [2.05, 4.69) is 26.5 Å². The van der Waals surface area contributed by atoms with Gasteiger partial charge in [-0.3, -0.25) is 4.79 Å². The van der Waals surface area contributed by atoms with E-state index in [0.717, 1.165) is 0 Å². The number of primary amides is 1. The minimum absolute atomic E-state index is 0.273. The third kappa shape index (κ3) is 4.59. The summed E-state index contributed by atoms with van der Waals surface area (Å²) in [5.41, 5.74) is 7.55. The summed E-state index contributed by atoms with van der Waals surface area (Å²) in [6.07, 6.45) is 1.37. The molecule has 0 aliphatic carbocycles. The average Bonchev–Trinajstić information content (AvgIpc) is 2.31. The molecule has 8 heteroatoms. The fraction of sp³-hybridized carbons (Fsp3) is 0.182. The van der Waals surface area contributed by atoms with Gasteiger partial charge in [-0.25, -0.2) is 10.2 Å². The van der Waals surface area contributed by atoms with E-state index in [4.69, 9.17) is 15.2 Å². The molecule has 1 aromatic rings. The lowest BCUT2D eigenvalue weighted by Crippen LogP contribution is -2.24. The predicted molar refractivity (Wildman–Crippen MR) is 72.3 cm³/mol. The maximum absolute atomic E-state index is 11.0. The maximum Gasteiger partial charge on any atom is 0.332 e. The van der Waals surface area contributed by atoms with Gasteiger partial charge in [0.1, 0.15) is 0 Å². The summed E-state index contributed by atoms with van der Waals surface area (Å²) in [6.45, 7) is 1.29. The van der Waals surface area contributed by atoms with Crippen LogP contribution in [0.3, 0.4) is 0 Å². The normalized spacial score (nSPS) is 10.3. The van der Waals surface area contributed by atoms with Crippen LogP contribution in [0.5, 0.6) is 11.5 Å². The molecule has 1 aromatic carbocycles. The predicted octanol–water partition coefficient (Wildman–Crippen LogP) is 1.39. The molecule has 7 nitrogen and oxygen atoms in total. The van der Waals surface area contributed by atoms with Gasteiger partial charge in [-0.05, 0) is 33.6 Å². The summed E-state index contributed by atoms with van der Waals surface area (Å²) in [4.78, 5) is 21.4. The fourth-order valence-corrected chi connectivity index (χ4v) is 1.77. The van der Waals surface area contributed by atoms with Crippen molar-refractivity contribution in [1.82, 2.24) is 5.43 Å². The molecule has 0 spiro atoms. The molecule has 0 atom stereocenters. The van der Waals surface area contributed by atoms with Gasteiger partial charge in [0.05, 0.1) is 17.8 Å². The smallest absolute Gasteiger partial charge is 0.332 e. The minimum Gasteiger partial charge on any atom is -0.493 e. The molecule has 0 aliphatic heterocycles. The Bertz CT molecular complexity index is 531. The highest BCUT2D eigenvalue weighted by Crippen LogP contribution is 2.36. The van der Waals surface area contributed by atoms with Gasteiger partial charge in [-0.2, -0.15) is 5.10 Å². The van der Waals surface area contributed by atoms with Gasteiger partial charge >= 0.3 is 12.0 Å². The maximum atomic E-state index is 11.0. The van der Waals surface area contributed by atoms with Gasteiger partial charge in [0.25, 0.3) is 0 Å². The number of carbonyl (C=O) groups is 2. The van der Waals surface area contributed by atoms with Crippen LogP contribution >= 0.6 is 15.9 Å². The van der Waals surface area contributed by atoms with Gasteiger partial charge < -0.3 is 15.2 Å². The van der Waals surface area contributed by atoms with E-state index in [1.807, 2.05) is 0 Å². The molecule has 0 bridgehead atoms. The molecule has 0 aliphatic rings. The second kappa shape index (κ2) is 6.74. The summed E-state index contributed by atoms with van der Waals surface area (Å²) in [5.74, 6) is 0.163. The highest BCUT2D eigenvalue weighted by Gasteiger charge is 2.13. The Morgan fingerprint density at radius 3 is 2.68 bits per heavy atom. The average molecular weight is 330 g/mol. The van der Waals surface area contributed by atoms with Crippen LogP contribution in [0, 0.1) is 0 Å². The SMILES string of the molecule is COc1cc(/C=N/NC(N)=O)cc(Br)c1OC(C)=O. The van der Waals surface area contributed by atoms with Crippen LogP contribution in [-0.2, 0) is 4.79 Å². The highest BCUT2D eigenvalue weighted by molar-refractivity contribution is 9.10. The van der Waals surface area contributed by atoms with Crippen molar-refractivity contribution in [3.8, 4) is 11.5 Å². The van der Waals surface area contributed by atoms with E-state index in [9.17, 15) is 9.59 Å². The number of rotatable bonds is 4. The second-order valence-electron chi connectivity index (χ2n) is 3.36. The number of urea groups is 1. The number of carbonyl (C=O) groups excluding carboxylic acids is 2. The summed E-state index contributed by atoms with van der Waals surface area (Å²) >= 11 is 3.26. The molecule has 19 heavy (non-hydrogen) atoms. The highest BCUT2D eigenvalue weighted by atomic mass is 79.9. The Kier molecular flexibility index (Phi) is 5.31. The van der Waals surface area contributed by atoms with Crippen LogP contribution in [0.2, 0.25) is 0 Å². The minimum atomic E-state index is -0.765.